The molecule has 0 aliphatic carbocycles. The molecule has 0 aliphatic heterocycles. The molecular weight excluding hydrogens is 256 g/mol. The van der Waals surface area contributed by atoms with Crippen molar-refractivity contribution in [2.75, 3.05) is 6.61 Å². The standard InChI is InChI=1S/C20H39O/c1-2-3-4-5-6-7-8-9-10-11-12-13-14-15-16-17-18-19-20-21/h1-2,21H,3-20H2. The highest BCUT2D eigenvalue weighted by Gasteiger charge is 1.94. The fourth-order valence-electron chi connectivity index (χ4n) is 2.85. The van der Waals surface area contributed by atoms with Crippen LogP contribution in [0.4, 0.5) is 0 Å². The van der Waals surface area contributed by atoms with Crippen molar-refractivity contribution in [1.29, 1.82) is 0 Å². The second kappa shape index (κ2) is 19.7. The van der Waals surface area contributed by atoms with E-state index in [1.807, 2.05) is 0 Å². The van der Waals surface area contributed by atoms with Gasteiger partial charge < -0.3 is 5.11 Å². The number of aliphatic hydroxyl groups is 1. The Kier molecular flexibility index (Phi) is 19.4. The summed E-state index contributed by atoms with van der Waals surface area (Å²) in [5.74, 6) is 0. The van der Waals surface area contributed by atoms with Gasteiger partial charge in [0.1, 0.15) is 0 Å². The van der Waals surface area contributed by atoms with Gasteiger partial charge in [-0.2, -0.15) is 0 Å². The first-order valence-corrected chi connectivity index (χ1v) is 9.56. The first-order chi connectivity index (χ1) is 10.4. The summed E-state index contributed by atoms with van der Waals surface area (Å²) < 4.78 is 0. The molecule has 0 rings (SSSR count). The summed E-state index contributed by atoms with van der Waals surface area (Å²) in [5, 5.41) is 8.69. The van der Waals surface area contributed by atoms with Crippen molar-refractivity contribution in [2.45, 2.75) is 109 Å². The van der Waals surface area contributed by atoms with Crippen molar-refractivity contribution in [3.8, 4) is 0 Å². The molecule has 0 heterocycles. The molecule has 0 aromatic heterocycles. The van der Waals surface area contributed by atoms with Gasteiger partial charge >= 0.3 is 0 Å². The van der Waals surface area contributed by atoms with Crippen molar-refractivity contribution in [2.24, 2.45) is 0 Å². The largest absolute Gasteiger partial charge is 0.396 e. The topological polar surface area (TPSA) is 20.2 Å². The Morgan fingerprint density at radius 3 is 1.05 bits per heavy atom. The van der Waals surface area contributed by atoms with Crippen LogP contribution in [0.1, 0.15) is 109 Å². The molecular formula is C20H39O. The first-order valence-electron chi connectivity index (χ1n) is 9.56. The maximum Gasteiger partial charge on any atom is 0.0431 e. The number of allylic oxidation sites excluding steroid dienone is 1. The molecule has 0 aromatic carbocycles. The predicted molar refractivity (Wildman–Crippen MR) is 94.4 cm³/mol. The molecule has 1 N–H and O–H groups in total. The molecule has 0 unspecified atom stereocenters. The molecule has 0 spiro atoms. The van der Waals surface area contributed by atoms with Crippen molar-refractivity contribution in [1.82, 2.24) is 0 Å². The Balaban J connectivity index is 2.91. The van der Waals surface area contributed by atoms with E-state index in [2.05, 4.69) is 0 Å². The van der Waals surface area contributed by atoms with Crippen LogP contribution in [-0.2, 0) is 0 Å². The van der Waals surface area contributed by atoms with E-state index in [0.717, 1.165) is 12.8 Å². The molecule has 21 heavy (non-hydrogen) atoms. The lowest BCUT2D eigenvalue weighted by Crippen LogP contribution is -1.85. The lowest BCUT2D eigenvalue weighted by Gasteiger charge is -2.03. The van der Waals surface area contributed by atoms with E-state index in [1.54, 1.807) is 6.08 Å². The third kappa shape index (κ3) is 19.7. The molecule has 0 aromatic rings. The zero-order valence-electron chi connectivity index (χ0n) is 14.3. The normalized spacial score (nSPS) is 10.9. The van der Waals surface area contributed by atoms with Crippen LogP contribution in [0.25, 0.3) is 0 Å². The highest BCUT2D eigenvalue weighted by atomic mass is 16.2. The van der Waals surface area contributed by atoms with E-state index < -0.39 is 0 Å². The van der Waals surface area contributed by atoms with E-state index in [1.165, 1.54) is 96.3 Å². The Labute approximate surface area is 134 Å². The third-order valence-electron chi connectivity index (χ3n) is 4.28. The number of hydrogen-bond acceptors (Lipinski definition) is 1. The van der Waals surface area contributed by atoms with Gasteiger partial charge in [0.25, 0.3) is 0 Å². The predicted octanol–water partition coefficient (Wildman–Crippen LogP) is 6.60. The number of hydrogen-bond donors (Lipinski definition) is 1. The minimum Gasteiger partial charge on any atom is -0.396 e. The van der Waals surface area contributed by atoms with Gasteiger partial charge in [0.05, 0.1) is 0 Å². The van der Waals surface area contributed by atoms with E-state index in [0.29, 0.717) is 6.61 Å². The summed E-state index contributed by atoms with van der Waals surface area (Å²) in [7, 11) is 0. The highest BCUT2D eigenvalue weighted by Crippen LogP contribution is 2.13. The summed E-state index contributed by atoms with van der Waals surface area (Å²) >= 11 is 0. The highest BCUT2D eigenvalue weighted by molar-refractivity contribution is 4.61. The Morgan fingerprint density at radius 1 is 0.476 bits per heavy atom. The summed E-state index contributed by atoms with van der Waals surface area (Å²) in [6.07, 6.45) is 24.6. The van der Waals surface area contributed by atoms with Crippen LogP contribution in [0.5, 0.6) is 0 Å². The van der Waals surface area contributed by atoms with E-state index in [4.69, 9.17) is 11.7 Å². The Bertz CT molecular complexity index is 188. The molecule has 0 aliphatic rings. The average molecular weight is 296 g/mol. The van der Waals surface area contributed by atoms with Crippen LogP contribution >= 0.6 is 0 Å². The van der Waals surface area contributed by atoms with E-state index in [9.17, 15) is 0 Å². The summed E-state index contributed by atoms with van der Waals surface area (Å²) in [4.78, 5) is 0. The average Bonchev–Trinajstić information content (AvgIpc) is 2.50. The molecule has 0 saturated heterocycles. The minimum atomic E-state index is 0.367. The van der Waals surface area contributed by atoms with Gasteiger partial charge in [0.15, 0.2) is 0 Å². The Morgan fingerprint density at radius 2 is 0.762 bits per heavy atom. The summed E-state index contributed by atoms with van der Waals surface area (Å²) in [6.45, 7) is 5.73. The second-order valence-corrected chi connectivity index (χ2v) is 6.40. The number of rotatable bonds is 18. The van der Waals surface area contributed by atoms with E-state index >= 15 is 0 Å². The van der Waals surface area contributed by atoms with Crippen molar-refractivity contribution < 1.29 is 5.11 Å². The van der Waals surface area contributed by atoms with Gasteiger partial charge in [0, 0.05) is 6.61 Å². The van der Waals surface area contributed by atoms with E-state index in [-0.39, 0.29) is 0 Å². The minimum absolute atomic E-state index is 0.367. The van der Waals surface area contributed by atoms with Gasteiger partial charge in [-0.05, 0) is 19.3 Å². The molecule has 0 fully saturated rings. The lowest BCUT2D eigenvalue weighted by atomic mass is 10.0. The maximum absolute atomic E-state index is 8.69. The Hall–Kier alpha value is -0.300. The molecule has 1 heteroatoms. The lowest BCUT2D eigenvalue weighted by molar-refractivity contribution is 0.282. The molecule has 0 saturated carbocycles. The number of unbranched alkanes of at least 4 members (excludes halogenated alkanes) is 16. The van der Waals surface area contributed by atoms with Crippen LogP contribution in [0, 0.1) is 6.58 Å². The first kappa shape index (κ1) is 20.7. The summed E-state index contributed by atoms with van der Waals surface area (Å²) in [5.41, 5.74) is 0. The van der Waals surface area contributed by atoms with Gasteiger partial charge in [0.2, 0.25) is 0 Å². The zero-order valence-corrected chi connectivity index (χ0v) is 14.3. The smallest absolute Gasteiger partial charge is 0.0431 e. The fraction of sp³-hybridized carbons (Fsp3) is 0.900. The van der Waals surface area contributed by atoms with Gasteiger partial charge in [-0.1, -0.05) is 103 Å². The van der Waals surface area contributed by atoms with Crippen LogP contribution in [0.3, 0.4) is 0 Å². The monoisotopic (exact) mass is 295 g/mol. The fourth-order valence-corrected chi connectivity index (χ4v) is 2.85. The van der Waals surface area contributed by atoms with Crippen molar-refractivity contribution in [3.05, 3.63) is 12.7 Å². The van der Waals surface area contributed by atoms with Gasteiger partial charge in [-0.3, -0.25) is 0 Å². The quantitative estimate of drug-likeness (QED) is 0.282. The number of aliphatic hydroxyl groups excluding tert-OH is 1. The van der Waals surface area contributed by atoms with Gasteiger partial charge in [-0.15, -0.1) is 0 Å². The van der Waals surface area contributed by atoms with Crippen LogP contribution < -0.4 is 0 Å². The molecule has 0 atom stereocenters. The van der Waals surface area contributed by atoms with Gasteiger partial charge in [-0.25, -0.2) is 0 Å². The summed E-state index contributed by atoms with van der Waals surface area (Å²) in [6, 6.07) is 0. The SMILES string of the molecule is [CH]=CCCCCCCCCCCCCCCCCCCO. The molecule has 1 nitrogen and oxygen atoms in total. The molecule has 125 valence electrons. The van der Waals surface area contributed by atoms with Crippen molar-refractivity contribution >= 4 is 0 Å². The van der Waals surface area contributed by atoms with Crippen LogP contribution in [0.2, 0.25) is 0 Å². The van der Waals surface area contributed by atoms with Crippen LogP contribution in [-0.4, -0.2) is 11.7 Å². The van der Waals surface area contributed by atoms with Crippen molar-refractivity contribution in [3.63, 3.8) is 0 Å². The maximum atomic E-state index is 8.69. The molecule has 0 bridgehead atoms. The third-order valence-corrected chi connectivity index (χ3v) is 4.28. The van der Waals surface area contributed by atoms with Crippen LogP contribution in [0.15, 0.2) is 6.08 Å². The zero-order chi connectivity index (χ0) is 15.4. The molecule has 0 amide bonds. The molecule has 1 radical (unpaired) electrons. The second-order valence-electron chi connectivity index (χ2n) is 6.40.